The molecule has 22 heavy (non-hydrogen) atoms. The van der Waals surface area contributed by atoms with Crippen LogP contribution in [-0.2, 0) is 11.3 Å². The fraction of sp³-hybridized carbons (Fsp3) is 0.471. The molecule has 3 N–H and O–H groups in total. The van der Waals surface area contributed by atoms with Crippen molar-refractivity contribution in [1.82, 2.24) is 5.32 Å². The first-order chi connectivity index (χ1) is 10.2. The van der Waals surface area contributed by atoms with E-state index >= 15 is 0 Å². The van der Waals surface area contributed by atoms with Crippen LogP contribution >= 0.6 is 12.4 Å². The van der Waals surface area contributed by atoms with E-state index in [4.69, 9.17) is 10.2 Å². The Bertz CT molecular complexity index is 653. The Morgan fingerprint density at radius 2 is 2.14 bits per heavy atom. The fourth-order valence-electron chi connectivity index (χ4n) is 3.36. The first-order valence-corrected chi connectivity index (χ1v) is 7.65. The van der Waals surface area contributed by atoms with Crippen molar-refractivity contribution in [3.8, 4) is 0 Å². The zero-order chi connectivity index (χ0) is 14.8. The van der Waals surface area contributed by atoms with Gasteiger partial charge in [0.1, 0.15) is 11.3 Å². The Morgan fingerprint density at radius 3 is 2.86 bits per heavy atom. The number of hydrogen-bond donors (Lipinski definition) is 2. The van der Waals surface area contributed by atoms with Crippen LogP contribution in [0.1, 0.15) is 30.6 Å². The topological polar surface area (TPSA) is 68.3 Å². The van der Waals surface area contributed by atoms with Crippen molar-refractivity contribution in [3.05, 3.63) is 35.6 Å². The summed E-state index contributed by atoms with van der Waals surface area (Å²) in [5, 5.41) is 4.13. The van der Waals surface area contributed by atoms with Gasteiger partial charge in [-0.25, -0.2) is 0 Å². The number of amides is 1. The van der Waals surface area contributed by atoms with Crippen LogP contribution in [0.2, 0.25) is 0 Å². The first-order valence-electron chi connectivity index (χ1n) is 7.65. The molecule has 0 spiro atoms. The van der Waals surface area contributed by atoms with E-state index < -0.39 is 0 Å². The van der Waals surface area contributed by atoms with Crippen molar-refractivity contribution in [3.63, 3.8) is 0 Å². The maximum Gasteiger partial charge on any atom is 0.223 e. The number of fused-ring (bicyclic) bond motifs is 1. The van der Waals surface area contributed by atoms with E-state index in [9.17, 15) is 4.79 Å². The van der Waals surface area contributed by atoms with E-state index in [1.807, 2.05) is 31.2 Å². The van der Waals surface area contributed by atoms with Crippen LogP contribution in [-0.4, -0.2) is 12.5 Å². The molecular weight excluding hydrogens is 300 g/mol. The Labute approximate surface area is 136 Å². The van der Waals surface area contributed by atoms with E-state index in [-0.39, 0.29) is 24.2 Å². The predicted octanol–water partition coefficient (Wildman–Crippen LogP) is 3.15. The zero-order valence-corrected chi connectivity index (χ0v) is 13.6. The molecule has 0 bridgehead atoms. The lowest BCUT2D eigenvalue weighted by molar-refractivity contribution is -0.126. The minimum atomic E-state index is 0. The number of nitrogens with one attached hydrogen (secondary N) is 1. The molecule has 120 valence electrons. The molecule has 1 aromatic carbocycles. The summed E-state index contributed by atoms with van der Waals surface area (Å²) >= 11 is 0. The van der Waals surface area contributed by atoms with Gasteiger partial charge in [-0.05, 0) is 38.3 Å². The number of para-hydroxylation sites is 1. The number of carbonyl (C=O) groups excluding carboxylic acids is 1. The number of rotatable bonds is 4. The molecule has 0 radical (unpaired) electrons. The monoisotopic (exact) mass is 322 g/mol. The average Bonchev–Trinajstić information content (AvgIpc) is 3.10. The van der Waals surface area contributed by atoms with Gasteiger partial charge in [-0.2, -0.15) is 0 Å². The van der Waals surface area contributed by atoms with Crippen LogP contribution in [0.15, 0.2) is 28.7 Å². The van der Waals surface area contributed by atoms with Crippen LogP contribution in [0.5, 0.6) is 0 Å². The summed E-state index contributed by atoms with van der Waals surface area (Å²) in [5.41, 5.74) is 7.73. The van der Waals surface area contributed by atoms with E-state index in [0.29, 0.717) is 19.0 Å². The minimum absolute atomic E-state index is 0. The smallest absolute Gasteiger partial charge is 0.223 e. The Hall–Kier alpha value is -1.52. The van der Waals surface area contributed by atoms with Gasteiger partial charge in [0.25, 0.3) is 0 Å². The molecule has 0 saturated heterocycles. The van der Waals surface area contributed by atoms with Crippen molar-refractivity contribution in [2.75, 3.05) is 6.54 Å². The molecule has 5 heteroatoms. The molecule has 1 aliphatic rings. The highest BCUT2D eigenvalue weighted by Crippen LogP contribution is 2.31. The zero-order valence-electron chi connectivity index (χ0n) is 12.8. The maximum absolute atomic E-state index is 12.3. The molecule has 0 aliphatic heterocycles. The number of benzene rings is 1. The van der Waals surface area contributed by atoms with Crippen LogP contribution in [0.25, 0.3) is 11.0 Å². The van der Waals surface area contributed by atoms with Gasteiger partial charge in [0.2, 0.25) is 5.91 Å². The summed E-state index contributed by atoms with van der Waals surface area (Å²) in [5.74, 6) is 1.36. The minimum Gasteiger partial charge on any atom is -0.459 e. The van der Waals surface area contributed by atoms with Gasteiger partial charge in [0.15, 0.2) is 0 Å². The summed E-state index contributed by atoms with van der Waals surface area (Å²) < 4.78 is 5.83. The lowest BCUT2D eigenvalue weighted by Crippen LogP contribution is -2.34. The van der Waals surface area contributed by atoms with E-state index in [1.54, 1.807) is 0 Å². The molecule has 1 aliphatic carbocycles. The lowest BCUT2D eigenvalue weighted by atomic mass is 9.95. The summed E-state index contributed by atoms with van der Waals surface area (Å²) in [6.45, 7) is 3.08. The van der Waals surface area contributed by atoms with Crippen molar-refractivity contribution >= 4 is 29.3 Å². The van der Waals surface area contributed by atoms with Crippen molar-refractivity contribution in [2.24, 2.45) is 17.6 Å². The molecule has 1 aromatic heterocycles. The third-order valence-corrected chi connectivity index (χ3v) is 4.66. The van der Waals surface area contributed by atoms with Crippen LogP contribution in [0.3, 0.4) is 0 Å². The molecule has 3 rings (SSSR count). The first kappa shape index (κ1) is 16.8. The number of hydrogen-bond acceptors (Lipinski definition) is 3. The van der Waals surface area contributed by atoms with Crippen molar-refractivity contribution in [2.45, 2.75) is 32.7 Å². The number of halogens is 1. The molecule has 1 saturated carbocycles. The Kier molecular flexibility index (Phi) is 5.48. The van der Waals surface area contributed by atoms with Crippen LogP contribution < -0.4 is 11.1 Å². The molecule has 2 atom stereocenters. The number of nitrogens with two attached hydrogens (primary N) is 1. The van der Waals surface area contributed by atoms with Gasteiger partial charge in [-0.1, -0.05) is 24.6 Å². The quantitative estimate of drug-likeness (QED) is 0.908. The van der Waals surface area contributed by atoms with Crippen LogP contribution in [0.4, 0.5) is 0 Å². The molecule has 2 aromatic rings. The standard InChI is InChI=1S/C17H22N2O2.ClH/c1-11-13-6-2-3-8-15(13)21-16(11)10-19-17(20)14-7-4-5-12(14)9-18;/h2-3,6,8,12,14H,4-5,7,9-10,18H2,1H3,(H,19,20);1H/t12-,14-;/m1./s1. The average molecular weight is 323 g/mol. The molecule has 4 nitrogen and oxygen atoms in total. The van der Waals surface area contributed by atoms with E-state index in [0.717, 1.165) is 41.6 Å². The van der Waals surface area contributed by atoms with E-state index in [1.165, 1.54) is 0 Å². The van der Waals surface area contributed by atoms with Gasteiger partial charge in [-0.15, -0.1) is 12.4 Å². The maximum atomic E-state index is 12.3. The normalized spacial score (nSPS) is 20.8. The van der Waals surface area contributed by atoms with E-state index in [2.05, 4.69) is 5.32 Å². The molecular formula is C17H23ClN2O2. The van der Waals surface area contributed by atoms with Crippen molar-refractivity contribution < 1.29 is 9.21 Å². The van der Waals surface area contributed by atoms with Gasteiger partial charge < -0.3 is 15.5 Å². The molecule has 1 amide bonds. The second-order valence-electron chi connectivity index (χ2n) is 5.90. The second-order valence-corrected chi connectivity index (χ2v) is 5.90. The van der Waals surface area contributed by atoms with Crippen LogP contribution in [0, 0.1) is 18.8 Å². The van der Waals surface area contributed by atoms with Gasteiger partial charge in [-0.3, -0.25) is 4.79 Å². The van der Waals surface area contributed by atoms with Gasteiger partial charge in [0, 0.05) is 16.9 Å². The Balaban J connectivity index is 0.00000176. The fourth-order valence-corrected chi connectivity index (χ4v) is 3.36. The predicted molar refractivity (Wildman–Crippen MR) is 89.9 cm³/mol. The summed E-state index contributed by atoms with van der Waals surface area (Å²) in [4.78, 5) is 12.3. The third kappa shape index (κ3) is 3.13. The second kappa shape index (κ2) is 7.16. The molecule has 0 unspecified atom stereocenters. The summed E-state index contributed by atoms with van der Waals surface area (Å²) in [6, 6.07) is 7.95. The van der Waals surface area contributed by atoms with Gasteiger partial charge >= 0.3 is 0 Å². The largest absolute Gasteiger partial charge is 0.459 e. The number of furan rings is 1. The number of carbonyl (C=O) groups is 1. The summed E-state index contributed by atoms with van der Waals surface area (Å²) in [7, 11) is 0. The highest BCUT2D eigenvalue weighted by molar-refractivity contribution is 5.85. The third-order valence-electron chi connectivity index (χ3n) is 4.66. The SMILES string of the molecule is Cc1c(CNC(=O)[C@@H]2CCC[C@@H]2CN)oc2ccccc12.Cl. The number of aryl methyl sites for hydroxylation is 1. The molecule has 1 fully saturated rings. The highest BCUT2D eigenvalue weighted by atomic mass is 35.5. The van der Waals surface area contributed by atoms with Crippen molar-refractivity contribution in [1.29, 1.82) is 0 Å². The Morgan fingerprint density at radius 1 is 1.36 bits per heavy atom. The highest BCUT2D eigenvalue weighted by Gasteiger charge is 2.31. The molecule has 1 heterocycles. The van der Waals surface area contributed by atoms with Gasteiger partial charge in [0.05, 0.1) is 6.54 Å². The lowest BCUT2D eigenvalue weighted by Gasteiger charge is -2.17. The summed E-state index contributed by atoms with van der Waals surface area (Å²) in [6.07, 6.45) is 3.12.